The molecule has 0 aliphatic carbocycles. The second-order valence-corrected chi connectivity index (χ2v) is 8.10. The molecule has 4 rings (SSSR count). The van der Waals surface area contributed by atoms with E-state index in [1.165, 1.54) is 4.57 Å². The molecule has 31 heavy (non-hydrogen) atoms. The molecule has 0 radical (unpaired) electrons. The van der Waals surface area contributed by atoms with Gasteiger partial charge in [0.05, 0.1) is 16.8 Å². The number of H-pyrrole nitrogens is 1. The zero-order valence-electron chi connectivity index (χ0n) is 17.0. The number of hydrogen-bond donors (Lipinski definition) is 2. The molecule has 1 aromatic heterocycles. The minimum absolute atomic E-state index is 0.0723. The van der Waals surface area contributed by atoms with Gasteiger partial charge in [0.25, 0.3) is 5.56 Å². The molecule has 2 amide bonds. The van der Waals surface area contributed by atoms with Gasteiger partial charge in [0.15, 0.2) is 4.77 Å². The van der Waals surface area contributed by atoms with Gasteiger partial charge in [-0.1, -0.05) is 30.3 Å². The fourth-order valence-corrected chi connectivity index (χ4v) is 4.24. The van der Waals surface area contributed by atoms with Crippen molar-refractivity contribution in [1.82, 2.24) is 14.5 Å². The largest absolute Gasteiger partial charge is 0.342 e. The van der Waals surface area contributed by atoms with Crippen molar-refractivity contribution < 1.29 is 9.59 Å². The summed E-state index contributed by atoms with van der Waals surface area (Å²) in [6.45, 7) is 1.21. The van der Waals surface area contributed by atoms with Crippen molar-refractivity contribution >= 4 is 40.6 Å². The maximum absolute atomic E-state index is 12.8. The van der Waals surface area contributed by atoms with Crippen LogP contribution in [-0.4, -0.2) is 39.4 Å². The normalized spacial score (nSPS) is 16.3. The average Bonchev–Trinajstić information content (AvgIpc) is 2.79. The first-order valence-corrected chi connectivity index (χ1v) is 10.8. The molecule has 0 bridgehead atoms. The molecule has 1 aliphatic rings. The summed E-state index contributed by atoms with van der Waals surface area (Å²) in [7, 11) is 0. The van der Waals surface area contributed by atoms with Crippen molar-refractivity contribution in [2.24, 2.45) is 5.92 Å². The summed E-state index contributed by atoms with van der Waals surface area (Å²) in [6.07, 6.45) is 1.68. The van der Waals surface area contributed by atoms with Crippen molar-refractivity contribution in [2.45, 2.75) is 25.8 Å². The number of hydrogen-bond acceptors (Lipinski definition) is 4. The van der Waals surface area contributed by atoms with Crippen LogP contribution in [0, 0.1) is 10.7 Å². The highest BCUT2D eigenvalue weighted by molar-refractivity contribution is 7.71. The van der Waals surface area contributed by atoms with Crippen LogP contribution in [0.2, 0.25) is 0 Å². The number of benzene rings is 2. The Labute approximate surface area is 184 Å². The van der Waals surface area contributed by atoms with Crippen molar-refractivity contribution in [3.05, 3.63) is 69.7 Å². The van der Waals surface area contributed by atoms with Gasteiger partial charge < -0.3 is 15.2 Å². The minimum Gasteiger partial charge on any atom is -0.342 e. The molecule has 0 saturated carbocycles. The van der Waals surface area contributed by atoms with E-state index in [9.17, 15) is 14.4 Å². The van der Waals surface area contributed by atoms with E-state index < -0.39 is 0 Å². The quantitative estimate of drug-likeness (QED) is 0.601. The van der Waals surface area contributed by atoms with Crippen LogP contribution in [0.15, 0.2) is 59.4 Å². The van der Waals surface area contributed by atoms with E-state index in [2.05, 4.69) is 10.3 Å². The van der Waals surface area contributed by atoms with Gasteiger partial charge in [-0.05, 0) is 49.3 Å². The van der Waals surface area contributed by atoms with Crippen LogP contribution in [0.25, 0.3) is 10.9 Å². The molecule has 2 N–H and O–H groups in total. The lowest BCUT2D eigenvalue weighted by atomic mass is 9.96. The van der Waals surface area contributed by atoms with Gasteiger partial charge in [0, 0.05) is 31.7 Å². The molecule has 7 nitrogen and oxygen atoms in total. The Balaban J connectivity index is 1.40. The van der Waals surface area contributed by atoms with E-state index in [-0.39, 0.29) is 36.3 Å². The number of carbonyl (C=O) groups excluding carboxylic acids is 2. The predicted molar refractivity (Wildman–Crippen MR) is 122 cm³/mol. The zero-order chi connectivity index (χ0) is 21.8. The molecule has 1 unspecified atom stereocenters. The summed E-state index contributed by atoms with van der Waals surface area (Å²) < 4.78 is 1.73. The van der Waals surface area contributed by atoms with Crippen LogP contribution in [-0.2, 0) is 16.1 Å². The van der Waals surface area contributed by atoms with Crippen molar-refractivity contribution in [1.29, 1.82) is 0 Å². The summed E-state index contributed by atoms with van der Waals surface area (Å²) >= 11 is 5.32. The standard InChI is InChI=1S/C23H24N4O3S/c28-20(12-14-27-22(30)18-10-4-5-11-19(18)25-23(27)31)26-13-6-7-16(15-26)21(29)24-17-8-2-1-3-9-17/h1-5,8-11,16H,6-7,12-15H2,(H,24,29)(H,25,31). The molecule has 1 atom stereocenters. The molecule has 2 heterocycles. The number of carbonyl (C=O) groups is 2. The SMILES string of the molecule is O=C(Nc1ccccc1)C1CCCN(C(=O)CCn2c(=S)[nH]c3ccccc3c2=O)C1. The summed E-state index contributed by atoms with van der Waals surface area (Å²) in [5.74, 6) is -0.396. The van der Waals surface area contributed by atoms with Gasteiger partial charge in [-0.25, -0.2) is 0 Å². The number of piperidine rings is 1. The highest BCUT2D eigenvalue weighted by Gasteiger charge is 2.28. The Kier molecular flexibility index (Phi) is 6.27. The summed E-state index contributed by atoms with van der Waals surface area (Å²) in [4.78, 5) is 43.0. The number of fused-ring (bicyclic) bond motifs is 1. The molecule has 0 spiro atoms. The summed E-state index contributed by atoms with van der Waals surface area (Å²) in [6, 6.07) is 16.5. The number of nitrogens with zero attached hydrogens (tertiary/aromatic N) is 2. The molecule has 8 heteroatoms. The monoisotopic (exact) mass is 436 g/mol. The van der Waals surface area contributed by atoms with Crippen molar-refractivity contribution in [3.8, 4) is 0 Å². The fourth-order valence-electron chi connectivity index (χ4n) is 3.95. The van der Waals surface area contributed by atoms with Crippen LogP contribution < -0.4 is 10.9 Å². The van der Waals surface area contributed by atoms with E-state index >= 15 is 0 Å². The first-order valence-electron chi connectivity index (χ1n) is 10.4. The molecule has 1 saturated heterocycles. The Morgan fingerprint density at radius 1 is 1.10 bits per heavy atom. The van der Waals surface area contributed by atoms with Gasteiger partial charge in [-0.2, -0.15) is 0 Å². The van der Waals surface area contributed by atoms with Gasteiger partial charge in [-0.3, -0.25) is 19.0 Å². The maximum Gasteiger partial charge on any atom is 0.262 e. The zero-order valence-corrected chi connectivity index (χ0v) is 17.9. The number of rotatable bonds is 5. The number of nitrogens with one attached hydrogen (secondary N) is 2. The molecule has 1 aliphatic heterocycles. The third kappa shape index (κ3) is 4.74. The predicted octanol–water partition coefficient (Wildman–Crippen LogP) is 3.33. The third-order valence-electron chi connectivity index (χ3n) is 5.62. The van der Waals surface area contributed by atoms with Gasteiger partial charge in [0.1, 0.15) is 0 Å². The summed E-state index contributed by atoms with van der Waals surface area (Å²) in [5.41, 5.74) is 1.23. The van der Waals surface area contributed by atoms with Crippen LogP contribution in [0.3, 0.4) is 0 Å². The number of aromatic nitrogens is 2. The smallest absolute Gasteiger partial charge is 0.262 e. The molecule has 160 valence electrons. The molecular weight excluding hydrogens is 412 g/mol. The third-order valence-corrected chi connectivity index (χ3v) is 5.95. The number of para-hydroxylation sites is 2. The first kappa shape index (κ1) is 21.0. The lowest BCUT2D eigenvalue weighted by molar-refractivity contribution is -0.134. The average molecular weight is 437 g/mol. The lowest BCUT2D eigenvalue weighted by Gasteiger charge is -2.32. The highest BCUT2D eigenvalue weighted by atomic mass is 32.1. The van der Waals surface area contributed by atoms with E-state index in [0.717, 1.165) is 18.5 Å². The van der Waals surface area contributed by atoms with E-state index in [4.69, 9.17) is 12.2 Å². The van der Waals surface area contributed by atoms with Crippen molar-refractivity contribution in [2.75, 3.05) is 18.4 Å². The second-order valence-electron chi connectivity index (χ2n) is 7.72. The maximum atomic E-state index is 12.8. The van der Waals surface area contributed by atoms with E-state index in [1.54, 1.807) is 23.1 Å². The van der Waals surface area contributed by atoms with Crippen LogP contribution in [0.1, 0.15) is 19.3 Å². The van der Waals surface area contributed by atoms with E-state index in [1.807, 2.05) is 36.4 Å². The number of aromatic amines is 1. The van der Waals surface area contributed by atoms with Gasteiger partial charge in [0.2, 0.25) is 11.8 Å². The molecular formula is C23H24N4O3S. The summed E-state index contributed by atoms with van der Waals surface area (Å²) in [5, 5.41) is 3.46. The van der Waals surface area contributed by atoms with Crippen LogP contribution in [0.4, 0.5) is 5.69 Å². The minimum atomic E-state index is -0.246. The fraction of sp³-hybridized carbons (Fsp3) is 0.304. The lowest BCUT2D eigenvalue weighted by Crippen LogP contribution is -2.44. The van der Waals surface area contributed by atoms with E-state index in [0.29, 0.717) is 28.8 Å². The molecule has 3 aromatic rings. The Bertz CT molecular complexity index is 1220. The topological polar surface area (TPSA) is 87.2 Å². The Hall–Kier alpha value is -3.26. The second kappa shape index (κ2) is 9.26. The van der Waals surface area contributed by atoms with Gasteiger partial charge in [-0.15, -0.1) is 0 Å². The van der Waals surface area contributed by atoms with Gasteiger partial charge >= 0.3 is 0 Å². The van der Waals surface area contributed by atoms with Crippen LogP contribution >= 0.6 is 12.2 Å². The Morgan fingerprint density at radius 3 is 2.65 bits per heavy atom. The highest BCUT2D eigenvalue weighted by Crippen LogP contribution is 2.19. The molecule has 1 fully saturated rings. The number of likely N-dealkylation sites (tertiary alicyclic amines) is 1. The van der Waals surface area contributed by atoms with Crippen molar-refractivity contribution in [3.63, 3.8) is 0 Å². The first-order chi connectivity index (χ1) is 15.0. The Morgan fingerprint density at radius 2 is 1.84 bits per heavy atom. The van der Waals surface area contributed by atoms with Crippen LogP contribution in [0.5, 0.6) is 0 Å². The number of amides is 2. The molecule has 2 aromatic carbocycles. The number of anilines is 1.